The zero-order valence-electron chi connectivity index (χ0n) is 11.9. The minimum absolute atomic E-state index is 0.774. The second-order valence-corrected chi connectivity index (χ2v) is 6.28. The largest absolute Gasteiger partial charge is 0.457 e. The normalized spacial score (nSPS) is 10.6. The second kappa shape index (κ2) is 7.16. The van der Waals surface area contributed by atoms with Gasteiger partial charge in [-0.05, 0) is 62.2 Å². The Bertz CT molecular complexity index is 601. The lowest BCUT2D eigenvalue weighted by Gasteiger charge is -2.13. The fraction of sp³-hybridized carbons (Fsp3) is 0.250. The smallest absolute Gasteiger partial charge is 0.131 e. The van der Waals surface area contributed by atoms with Gasteiger partial charge in [0.05, 0.1) is 0 Å². The predicted molar refractivity (Wildman–Crippen MR) is 89.9 cm³/mol. The van der Waals surface area contributed by atoms with Crippen LogP contribution >= 0.6 is 27.7 Å². The Morgan fingerprint density at radius 1 is 1.20 bits per heavy atom. The first-order chi connectivity index (χ1) is 9.63. The van der Waals surface area contributed by atoms with Crippen LogP contribution in [0.4, 0.5) is 0 Å². The summed E-state index contributed by atoms with van der Waals surface area (Å²) in [6.07, 6.45) is 2.09. The quantitative estimate of drug-likeness (QED) is 0.766. The molecule has 0 radical (unpaired) electrons. The zero-order chi connectivity index (χ0) is 14.5. The summed E-state index contributed by atoms with van der Waals surface area (Å²) < 4.78 is 7.09. The maximum Gasteiger partial charge on any atom is 0.131 e. The highest BCUT2D eigenvalue weighted by atomic mass is 79.9. The van der Waals surface area contributed by atoms with Gasteiger partial charge in [0.1, 0.15) is 11.5 Å². The lowest BCUT2D eigenvalue weighted by Crippen LogP contribution is -2.06. The fourth-order valence-electron chi connectivity index (χ4n) is 2.02. The van der Waals surface area contributed by atoms with Gasteiger partial charge in [0.2, 0.25) is 0 Å². The van der Waals surface area contributed by atoms with E-state index >= 15 is 0 Å². The molecule has 0 bridgehead atoms. The van der Waals surface area contributed by atoms with Crippen molar-refractivity contribution in [3.8, 4) is 11.5 Å². The van der Waals surface area contributed by atoms with Crippen molar-refractivity contribution in [2.24, 2.45) is 0 Å². The van der Waals surface area contributed by atoms with Crippen molar-refractivity contribution in [3.05, 3.63) is 52.0 Å². The van der Waals surface area contributed by atoms with E-state index in [1.807, 2.05) is 25.2 Å². The molecule has 0 aliphatic rings. The van der Waals surface area contributed by atoms with Gasteiger partial charge in [-0.1, -0.05) is 15.9 Å². The Morgan fingerprint density at radius 3 is 2.65 bits per heavy atom. The van der Waals surface area contributed by atoms with Crippen LogP contribution in [0.1, 0.15) is 11.1 Å². The van der Waals surface area contributed by atoms with Crippen molar-refractivity contribution < 1.29 is 4.74 Å². The summed E-state index contributed by atoms with van der Waals surface area (Å²) in [6.45, 7) is 2.88. The van der Waals surface area contributed by atoms with Crippen LogP contribution in [0.2, 0.25) is 0 Å². The van der Waals surface area contributed by atoms with Gasteiger partial charge in [0, 0.05) is 21.5 Å². The molecule has 0 saturated carbocycles. The van der Waals surface area contributed by atoms with Crippen LogP contribution < -0.4 is 10.1 Å². The van der Waals surface area contributed by atoms with E-state index in [0.717, 1.165) is 28.1 Å². The van der Waals surface area contributed by atoms with Gasteiger partial charge in [0.15, 0.2) is 0 Å². The Kier molecular flexibility index (Phi) is 5.52. The molecule has 106 valence electrons. The molecule has 0 saturated heterocycles. The van der Waals surface area contributed by atoms with Crippen LogP contribution in [0.25, 0.3) is 0 Å². The molecular weight excluding hydrogens is 334 g/mol. The molecule has 1 N–H and O–H groups in total. The van der Waals surface area contributed by atoms with Crippen molar-refractivity contribution in [1.82, 2.24) is 5.32 Å². The number of benzene rings is 2. The third-order valence-electron chi connectivity index (χ3n) is 2.98. The van der Waals surface area contributed by atoms with Gasteiger partial charge in [-0.15, -0.1) is 11.8 Å². The van der Waals surface area contributed by atoms with E-state index in [0.29, 0.717) is 0 Å². The minimum Gasteiger partial charge on any atom is -0.457 e. The van der Waals surface area contributed by atoms with Crippen LogP contribution in [0.3, 0.4) is 0 Å². The number of ether oxygens (including phenoxy) is 1. The molecule has 20 heavy (non-hydrogen) atoms. The number of aryl methyl sites for hydroxylation is 1. The third-order valence-corrected chi connectivity index (χ3v) is 4.38. The predicted octanol–water partition coefficient (Wildman–Crippen LogP) is 4.99. The molecule has 0 spiro atoms. The Morgan fingerprint density at radius 2 is 2.00 bits per heavy atom. The van der Waals surface area contributed by atoms with E-state index in [1.54, 1.807) is 11.8 Å². The highest BCUT2D eigenvalue weighted by molar-refractivity contribution is 9.10. The molecule has 0 heterocycles. The molecule has 0 aromatic heterocycles. The van der Waals surface area contributed by atoms with E-state index < -0.39 is 0 Å². The molecule has 2 aromatic carbocycles. The summed E-state index contributed by atoms with van der Waals surface area (Å²) in [5.74, 6) is 1.76. The van der Waals surface area contributed by atoms with Crippen molar-refractivity contribution in [1.29, 1.82) is 0 Å². The molecular formula is C16H18BrNOS. The van der Waals surface area contributed by atoms with Crippen LogP contribution in [0.5, 0.6) is 11.5 Å². The Balaban J connectivity index is 2.27. The first-order valence-corrected chi connectivity index (χ1v) is 8.41. The number of rotatable bonds is 5. The highest BCUT2D eigenvalue weighted by Gasteiger charge is 2.07. The summed E-state index contributed by atoms with van der Waals surface area (Å²) in [5.41, 5.74) is 2.37. The summed E-state index contributed by atoms with van der Waals surface area (Å²) in [6, 6.07) is 12.3. The number of hydrogen-bond acceptors (Lipinski definition) is 3. The topological polar surface area (TPSA) is 21.3 Å². The maximum absolute atomic E-state index is 6.03. The van der Waals surface area contributed by atoms with E-state index in [2.05, 4.69) is 52.6 Å². The molecule has 4 heteroatoms. The number of hydrogen-bond donors (Lipinski definition) is 1. The second-order valence-electron chi connectivity index (χ2n) is 4.52. The van der Waals surface area contributed by atoms with Crippen LogP contribution in [0.15, 0.2) is 45.8 Å². The van der Waals surface area contributed by atoms with Crippen molar-refractivity contribution in [2.45, 2.75) is 18.4 Å². The van der Waals surface area contributed by atoms with Gasteiger partial charge in [0.25, 0.3) is 0 Å². The third kappa shape index (κ3) is 3.78. The molecule has 0 aliphatic heterocycles. The van der Waals surface area contributed by atoms with E-state index in [1.165, 1.54) is 10.5 Å². The first-order valence-electron chi connectivity index (χ1n) is 6.39. The monoisotopic (exact) mass is 351 g/mol. The Labute approximate surface area is 133 Å². The number of nitrogens with one attached hydrogen (secondary N) is 1. The van der Waals surface area contributed by atoms with Crippen molar-refractivity contribution >= 4 is 27.7 Å². The van der Waals surface area contributed by atoms with E-state index in [9.17, 15) is 0 Å². The summed E-state index contributed by atoms with van der Waals surface area (Å²) in [5, 5.41) is 3.16. The molecule has 0 fully saturated rings. The zero-order valence-corrected chi connectivity index (χ0v) is 14.3. The Hall–Kier alpha value is -0.970. The summed E-state index contributed by atoms with van der Waals surface area (Å²) in [7, 11) is 1.93. The van der Waals surface area contributed by atoms with Crippen LogP contribution in [-0.4, -0.2) is 13.3 Å². The minimum atomic E-state index is 0.774. The molecule has 0 amide bonds. The van der Waals surface area contributed by atoms with E-state index in [4.69, 9.17) is 4.74 Å². The molecule has 2 rings (SSSR count). The van der Waals surface area contributed by atoms with Gasteiger partial charge in [-0.25, -0.2) is 0 Å². The molecule has 0 unspecified atom stereocenters. The fourth-order valence-corrected chi connectivity index (χ4v) is 3.01. The molecule has 0 atom stereocenters. The lowest BCUT2D eigenvalue weighted by atomic mass is 10.2. The average Bonchev–Trinajstić information content (AvgIpc) is 2.42. The summed E-state index contributed by atoms with van der Waals surface area (Å²) >= 11 is 5.25. The van der Waals surface area contributed by atoms with E-state index in [-0.39, 0.29) is 0 Å². The molecule has 2 nitrogen and oxygen atoms in total. The number of thioether (sulfide) groups is 1. The van der Waals surface area contributed by atoms with Crippen molar-refractivity contribution in [3.63, 3.8) is 0 Å². The van der Waals surface area contributed by atoms with Gasteiger partial charge >= 0.3 is 0 Å². The number of halogens is 1. The average molecular weight is 352 g/mol. The van der Waals surface area contributed by atoms with Gasteiger partial charge in [-0.3, -0.25) is 0 Å². The molecule has 2 aromatic rings. The molecule has 0 aliphatic carbocycles. The van der Waals surface area contributed by atoms with Crippen molar-refractivity contribution in [2.75, 3.05) is 13.3 Å². The summed E-state index contributed by atoms with van der Waals surface area (Å²) in [4.78, 5) is 1.28. The lowest BCUT2D eigenvalue weighted by molar-refractivity contribution is 0.473. The van der Waals surface area contributed by atoms with Crippen LogP contribution in [0, 0.1) is 6.92 Å². The maximum atomic E-state index is 6.03. The van der Waals surface area contributed by atoms with Gasteiger partial charge in [-0.2, -0.15) is 0 Å². The first kappa shape index (κ1) is 15.4. The van der Waals surface area contributed by atoms with Crippen LogP contribution in [-0.2, 0) is 6.54 Å². The standard InChI is InChI=1S/C16H18BrNOS/c1-11-8-14(5-7-16(11)20-3)19-15-6-4-13(17)9-12(15)10-18-2/h4-9,18H,10H2,1-3H3. The highest BCUT2D eigenvalue weighted by Crippen LogP contribution is 2.30. The van der Waals surface area contributed by atoms with Gasteiger partial charge < -0.3 is 10.1 Å². The SMILES string of the molecule is CNCc1cc(Br)ccc1Oc1ccc(SC)c(C)c1.